The van der Waals surface area contributed by atoms with E-state index >= 15 is 0 Å². The van der Waals surface area contributed by atoms with Crippen molar-refractivity contribution < 1.29 is 4.74 Å². The number of hydrogen-bond acceptors (Lipinski definition) is 1. The van der Waals surface area contributed by atoms with E-state index in [1.54, 1.807) is 18.4 Å². The summed E-state index contributed by atoms with van der Waals surface area (Å²) in [5.74, 6) is 0.905. The zero-order valence-corrected chi connectivity index (χ0v) is 10.9. The number of methoxy groups -OCH3 is 1. The van der Waals surface area contributed by atoms with Gasteiger partial charge in [-0.25, -0.2) is 0 Å². The first-order chi connectivity index (χ1) is 8.86. The van der Waals surface area contributed by atoms with Crippen molar-refractivity contribution in [3.63, 3.8) is 0 Å². The van der Waals surface area contributed by atoms with Crippen molar-refractivity contribution in [1.82, 2.24) is 0 Å². The molecule has 0 fully saturated rings. The molecule has 0 amide bonds. The minimum atomic E-state index is 0.905. The van der Waals surface area contributed by atoms with E-state index in [1.807, 2.05) is 12.1 Å². The standard InChI is InChI=1S/C16H13OS/c1-17-15-8-7-13-10-16(18-11-14(13)9-15)12-5-3-2-4-6-12/h2-11H,1H3/q+1. The SMILES string of the molecule is COc1ccc2cc(-c3ccccc3)[s+]cc2c1. The van der Waals surface area contributed by atoms with Crippen molar-refractivity contribution in [2.75, 3.05) is 7.11 Å². The van der Waals surface area contributed by atoms with E-state index in [0.717, 1.165) is 5.75 Å². The second kappa shape index (κ2) is 4.75. The molecule has 3 rings (SSSR count). The quantitative estimate of drug-likeness (QED) is 0.593. The van der Waals surface area contributed by atoms with Crippen molar-refractivity contribution in [3.8, 4) is 16.2 Å². The highest BCUT2D eigenvalue weighted by atomic mass is 32.1. The molecule has 0 radical (unpaired) electrons. The Morgan fingerprint density at radius 2 is 1.72 bits per heavy atom. The maximum Gasteiger partial charge on any atom is 0.238 e. The van der Waals surface area contributed by atoms with Crippen molar-refractivity contribution in [1.29, 1.82) is 0 Å². The molecule has 3 aromatic rings. The number of benzene rings is 2. The lowest BCUT2D eigenvalue weighted by Crippen LogP contribution is -1.82. The van der Waals surface area contributed by atoms with E-state index in [1.165, 1.54) is 21.2 Å². The van der Waals surface area contributed by atoms with Gasteiger partial charge in [0.1, 0.15) is 5.75 Å². The summed E-state index contributed by atoms with van der Waals surface area (Å²) in [7, 11) is 1.70. The summed E-state index contributed by atoms with van der Waals surface area (Å²) in [6.45, 7) is 0. The van der Waals surface area contributed by atoms with Gasteiger partial charge in [-0.3, -0.25) is 0 Å². The summed E-state index contributed by atoms with van der Waals surface area (Å²) < 4.78 is 5.24. The zero-order chi connectivity index (χ0) is 12.4. The van der Waals surface area contributed by atoms with Crippen LogP contribution < -0.4 is 4.74 Å². The maximum absolute atomic E-state index is 5.24. The Bertz CT molecular complexity index is 677. The lowest BCUT2D eigenvalue weighted by Gasteiger charge is -2.00. The number of fused-ring (bicyclic) bond motifs is 1. The van der Waals surface area contributed by atoms with Gasteiger partial charge in [0.05, 0.1) is 7.11 Å². The van der Waals surface area contributed by atoms with Gasteiger partial charge in [-0.05, 0) is 29.7 Å². The molecule has 1 aromatic heterocycles. The van der Waals surface area contributed by atoms with Crippen LogP contribution in [0.5, 0.6) is 5.75 Å². The van der Waals surface area contributed by atoms with Gasteiger partial charge in [-0.1, -0.05) is 24.3 Å². The molecule has 0 bridgehead atoms. The number of rotatable bonds is 2. The van der Waals surface area contributed by atoms with Crippen LogP contribution in [0.3, 0.4) is 0 Å². The summed E-state index contributed by atoms with van der Waals surface area (Å²) in [4.78, 5) is 1.29. The van der Waals surface area contributed by atoms with Crippen LogP contribution in [0.4, 0.5) is 0 Å². The lowest BCUT2D eigenvalue weighted by atomic mass is 10.1. The normalized spacial score (nSPS) is 10.5. The molecule has 0 aliphatic carbocycles. The minimum Gasteiger partial charge on any atom is -0.497 e. The van der Waals surface area contributed by atoms with E-state index in [4.69, 9.17) is 4.74 Å². The molecular weight excluding hydrogens is 240 g/mol. The Morgan fingerprint density at radius 3 is 2.50 bits per heavy atom. The molecule has 0 saturated carbocycles. The summed E-state index contributed by atoms with van der Waals surface area (Å²) >= 11 is 1.76. The maximum atomic E-state index is 5.24. The van der Waals surface area contributed by atoms with E-state index in [-0.39, 0.29) is 0 Å². The molecule has 0 aliphatic heterocycles. The zero-order valence-electron chi connectivity index (χ0n) is 10.1. The smallest absolute Gasteiger partial charge is 0.238 e. The van der Waals surface area contributed by atoms with Crippen LogP contribution in [0, 0.1) is 0 Å². The molecule has 2 aromatic carbocycles. The van der Waals surface area contributed by atoms with Gasteiger partial charge in [0.2, 0.25) is 21.6 Å². The van der Waals surface area contributed by atoms with Gasteiger partial charge in [0.15, 0.2) is 0 Å². The van der Waals surface area contributed by atoms with Gasteiger partial charge in [0.25, 0.3) is 0 Å². The van der Waals surface area contributed by atoms with Crippen molar-refractivity contribution >= 4 is 22.1 Å². The van der Waals surface area contributed by atoms with E-state index < -0.39 is 0 Å². The third kappa shape index (κ3) is 2.07. The third-order valence-corrected chi connectivity index (χ3v) is 3.93. The van der Waals surface area contributed by atoms with Gasteiger partial charge >= 0.3 is 0 Å². The molecule has 18 heavy (non-hydrogen) atoms. The second-order valence-corrected chi connectivity index (χ2v) is 5.02. The molecule has 0 unspecified atom stereocenters. The highest BCUT2D eigenvalue weighted by Crippen LogP contribution is 2.30. The van der Waals surface area contributed by atoms with Crippen LogP contribution >= 0.6 is 11.3 Å². The first-order valence-electron chi connectivity index (χ1n) is 5.82. The Morgan fingerprint density at radius 1 is 0.889 bits per heavy atom. The molecule has 0 N–H and O–H groups in total. The van der Waals surface area contributed by atoms with Crippen LogP contribution in [0.25, 0.3) is 21.2 Å². The third-order valence-electron chi connectivity index (χ3n) is 2.95. The van der Waals surface area contributed by atoms with Crippen LogP contribution in [0.2, 0.25) is 0 Å². The summed E-state index contributed by atoms with van der Waals surface area (Å²) in [6, 6.07) is 18.9. The summed E-state index contributed by atoms with van der Waals surface area (Å²) in [5.41, 5.74) is 1.26. The highest BCUT2D eigenvalue weighted by molar-refractivity contribution is 7.13. The first-order valence-corrected chi connectivity index (χ1v) is 6.70. The lowest BCUT2D eigenvalue weighted by molar-refractivity contribution is 0.415. The van der Waals surface area contributed by atoms with Crippen molar-refractivity contribution in [2.45, 2.75) is 0 Å². The molecule has 88 valence electrons. The average molecular weight is 253 g/mol. The van der Waals surface area contributed by atoms with E-state index in [0.29, 0.717) is 0 Å². The van der Waals surface area contributed by atoms with Crippen molar-refractivity contribution in [3.05, 3.63) is 60.0 Å². The molecule has 2 heteroatoms. The number of hydrogen-bond donors (Lipinski definition) is 0. The van der Waals surface area contributed by atoms with Gasteiger partial charge < -0.3 is 4.74 Å². The molecule has 0 aliphatic rings. The second-order valence-electron chi connectivity index (χ2n) is 4.11. The molecule has 1 nitrogen and oxygen atoms in total. The fourth-order valence-corrected chi connectivity index (χ4v) is 2.89. The molecule has 1 heterocycles. The highest BCUT2D eigenvalue weighted by Gasteiger charge is 2.10. The molecule has 0 saturated heterocycles. The fourth-order valence-electron chi connectivity index (χ4n) is 1.97. The minimum absolute atomic E-state index is 0.905. The Balaban J connectivity index is 2.12. The topological polar surface area (TPSA) is 9.23 Å². The predicted octanol–water partition coefficient (Wildman–Crippen LogP) is 4.86. The van der Waals surface area contributed by atoms with Crippen LogP contribution in [-0.2, 0) is 0 Å². The van der Waals surface area contributed by atoms with Crippen molar-refractivity contribution in [2.24, 2.45) is 0 Å². The Hall–Kier alpha value is -1.93. The molecule has 0 spiro atoms. The number of ether oxygens (including phenoxy) is 1. The molecule has 0 atom stereocenters. The van der Waals surface area contributed by atoms with Gasteiger partial charge in [-0.2, -0.15) is 0 Å². The Labute approximate surface area is 110 Å². The average Bonchev–Trinajstić information content (AvgIpc) is 2.47. The van der Waals surface area contributed by atoms with Gasteiger partial charge in [-0.15, -0.1) is 0 Å². The molecular formula is C16H13OS+. The van der Waals surface area contributed by atoms with E-state index in [2.05, 4.69) is 47.8 Å². The first kappa shape index (κ1) is 11.2. The monoisotopic (exact) mass is 253 g/mol. The largest absolute Gasteiger partial charge is 0.497 e. The summed E-state index contributed by atoms with van der Waals surface area (Å²) in [5, 5.41) is 4.65. The van der Waals surface area contributed by atoms with Crippen LogP contribution in [0.15, 0.2) is 60.0 Å². The Kier molecular flexibility index (Phi) is 2.95. The van der Waals surface area contributed by atoms with Gasteiger partial charge in [0, 0.05) is 17.0 Å². The van der Waals surface area contributed by atoms with E-state index in [9.17, 15) is 0 Å². The fraction of sp³-hybridized carbons (Fsp3) is 0.0625. The summed E-state index contributed by atoms with van der Waals surface area (Å²) in [6.07, 6.45) is 0. The predicted molar refractivity (Wildman–Crippen MR) is 78.2 cm³/mol. The van der Waals surface area contributed by atoms with Crippen LogP contribution in [0.1, 0.15) is 0 Å². The van der Waals surface area contributed by atoms with Crippen LogP contribution in [-0.4, -0.2) is 7.11 Å².